The van der Waals surface area contributed by atoms with E-state index in [4.69, 9.17) is 10.2 Å². The van der Waals surface area contributed by atoms with E-state index < -0.39 is 6.29 Å². The van der Waals surface area contributed by atoms with Gasteiger partial charge in [0.05, 0.1) is 0 Å². The van der Waals surface area contributed by atoms with Gasteiger partial charge in [-0.2, -0.15) is 0 Å². The number of aliphatic hydroxyl groups excluding tert-OH is 1. The van der Waals surface area contributed by atoms with Gasteiger partial charge in [0, 0.05) is 0 Å². The van der Waals surface area contributed by atoms with E-state index in [0.717, 1.165) is 33.5 Å². The summed E-state index contributed by atoms with van der Waals surface area (Å²) in [5.41, 5.74) is 0. The molecule has 0 aliphatic carbocycles. The van der Waals surface area contributed by atoms with Crippen molar-refractivity contribution in [2.75, 3.05) is 0 Å². The fourth-order valence-corrected chi connectivity index (χ4v) is 2.55. The van der Waals surface area contributed by atoms with E-state index in [2.05, 4.69) is 27.7 Å². The van der Waals surface area contributed by atoms with E-state index in [1.54, 1.807) is 0 Å². The van der Waals surface area contributed by atoms with Gasteiger partial charge in [-0.3, -0.25) is 0 Å². The minimum Gasteiger partial charge on any atom is -1.00 e. The third-order valence-electron chi connectivity index (χ3n) is 1.82. The molecule has 92 valence electrons. The second kappa shape index (κ2) is 12.5. The average molecular weight is 232 g/mol. The molecule has 0 bridgehead atoms. The Labute approximate surface area is 103 Å². The van der Waals surface area contributed by atoms with E-state index in [1.165, 1.54) is 10.6 Å². The van der Waals surface area contributed by atoms with Gasteiger partial charge in [-0.05, 0) is 6.42 Å². The molecule has 0 aliphatic heterocycles. The van der Waals surface area contributed by atoms with Gasteiger partial charge in [-0.15, -0.1) is 0 Å². The Morgan fingerprint density at radius 3 is 1.53 bits per heavy atom. The summed E-state index contributed by atoms with van der Waals surface area (Å²) in [4.78, 5) is 0. The molecular formula is C12H29AlO2. The number of rotatable bonds is 6. The summed E-state index contributed by atoms with van der Waals surface area (Å²) in [5.74, 6) is 1.86. The van der Waals surface area contributed by atoms with E-state index >= 15 is 0 Å². The maximum Gasteiger partial charge on any atom is 0.151 e. The van der Waals surface area contributed by atoms with E-state index in [1.807, 2.05) is 6.92 Å². The summed E-state index contributed by atoms with van der Waals surface area (Å²) >= 11 is 0.755. The van der Waals surface area contributed by atoms with Crippen LogP contribution >= 0.6 is 0 Å². The predicted molar refractivity (Wildman–Crippen MR) is 69.3 cm³/mol. The molecule has 0 unspecified atom stereocenters. The molecule has 2 N–H and O–H groups in total. The zero-order valence-corrected chi connectivity index (χ0v) is 12.2. The zero-order valence-electron chi connectivity index (χ0n) is 12.0. The fourth-order valence-electron chi connectivity index (χ4n) is 1.02. The molecule has 0 aromatic rings. The molecule has 0 heterocycles. The van der Waals surface area contributed by atoms with E-state index in [9.17, 15) is 0 Å². The molecule has 0 spiro atoms. The Hall–Kier alpha value is 0.452. The second-order valence-corrected chi connectivity index (χ2v) is 6.34. The van der Waals surface area contributed by atoms with Crippen molar-refractivity contribution in [3.63, 3.8) is 0 Å². The van der Waals surface area contributed by atoms with Crippen molar-refractivity contribution in [1.29, 1.82) is 0 Å². The molecule has 2 nitrogen and oxygen atoms in total. The van der Waals surface area contributed by atoms with Crippen LogP contribution in [0.3, 0.4) is 0 Å². The van der Waals surface area contributed by atoms with Crippen molar-refractivity contribution in [2.45, 2.75) is 64.3 Å². The average Bonchev–Trinajstić information content (AvgIpc) is 2.03. The van der Waals surface area contributed by atoms with E-state index in [0.29, 0.717) is 6.42 Å². The third kappa shape index (κ3) is 25.1. The monoisotopic (exact) mass is 232 g/mol. The maximum absolute atomic E-state index is 8.11. The normalized spacial score (nSPS) is 10.3. The third-order valence-corrected chi connectivity index (χ3v) is 4.38. The van der Waals surface area contributed by atoms with Crippen molar-refractivity contribution < 1.29 is 11.6 Å². The smallest absolute Gasteiger partial charge is 0.151 e. The first-order valence-corrected chi connectivity index (χ1v) is 7.71. The van der Waals surface area contributed by atoms with Crippen LogP contribution in [0.15, 0.2) is 0 Å². The van der Waals surface area contributed by atoms with E-state index in [-0.39, 0.29) is 1.43 Å². The van der Waals surface area contributed by atoms with Crippen LogP contribution in [-0.4, -0.2) is 31.7 Å². The molecule has 0 amide bonds. The number of hydrogen-bond acceptors (Lipinski definition) is 2. The van der Waals surface area contributed by atoms with Gasteiger partial charge in [-0.1, -0.05) is 13.3 Å². The first-order valence-electron chi connectivity index (χ1n) is 6.07. The van der Waals surface area contributed by atoms with Crippen LogP contribution in [0, 0.1) is 11.8 Å². The maximum atomic E-state index is 8.11. The predicted octanol–water partition coefficient (Wildman–Crippen LogP) is 3.05. The van der Waals surface area contributed by atoms with Crippen LogP contribution in [0.4, 0.5) is 0 Å². The summed E-state index contributed by atoms with van der Waals surface area (Å²) in [6.07, 6.45) is 0.215. The molecule has 0 radical (unpaired) electrons. The Bertz CT molecular complexity index is 112. The molecule has 0 aromatic carbocycles. The minimum atomic E-state index is -1.10. The molecule has 0 atom stereocenters. The van der Waals surface area contributed by atoms with Crippen LogP contribution in [-0.2, 0) is 0 Å². The number of aliphatic hydroxyl groups is 2. The van der Waals surface area contributed by atoms with Crippen LogP contribution < -0.4 is 0 Å². The van der Waals surface area contributed by atoms with Gasteiger partial charge in [0.2, 0.25) is 0 Å². The van der Waals surface area contributed by atoms with Crippen molar-refractivity contribution >= 4 is 15.2 Å². The molecule has 0 rings (SSSR count). The number of hydrogen-bond donors (Lipinski definition) is 2. The molecule has 0 saturated heterocycles. The van der Waals surface area contributed by atoms with Crippen molar-refractivity contribution in [3.05, 3.63) is 0 Å². The molecule has 0 saturated carbocycles. The first-order chi connectivity index (χ1) is 6.90. The summed E-state index contributed by atoms with van der Waals surface area (Å²) in [7, 11) is 0. The van der Waals surface area contributed by atoms with Crippen LogP contribution in [0.1, 0.15) is 48.9 Å². The quantitative estimate of drug-likeness (QED) is 0.546. The molecular weight excluding hydrogens is 203 g/mol. The van der Waals surface area contributed by atoms with Gasteiger partial charge in [0.1, 0.15) is 0 Å². The fraction of sp³-hybridized carbons (Fsp3) is 1.00. The molecule has 15 heavy (non-hydrogen) atoms. The molecule has 3 heteroatoms. The SMILES string of the molecule is CC(C)[CH2][Al+][CH2]C(C)C.CCCC(O)O.[H-]. The van der Waals surface area contributed by atoms with Crippen LogP contribution in [0.5, 0.6) is 0 Å². The van der Waals surface area contributed by atoms with Crippen molar-refractivity contribution in [1.82, 2.24) is 0 Å². The standard InChI is InChI=1S/C4H10O2.2C4H9.Al.H/c1-2-3-4(5)6;2*1-4(2)3;;/h4-6H,2-3H2,1H3;2*4H,1H2,2-3H3;;/q;;;+1;-1. The van der Waals surface area contributed by atoms with Crippen molar-refractivity contribution in [3.8, 4) is 0 Å². The van der Waals surface area contributed by atoms with Crippen LogP contribution in [0.25, 0.3) is 0 Å². The van der Waals surface area contributed by atoms with Gasteiger partial charge >= 0.3 is 65.3 Å². The molecule has 0 fully saturated rings. The molecule has 0 aromatic heterocycles. The first kappa shape index (κ1) is 17.8. The van der Waals surface area contributed by atoms with Gasteiger partial charge < -0.3 is 11.6 Å². The summed E-state index contributed by atoms with van der Waals surface area (Å²) in [5, 5.41) is 19.2. The Morgan fingerprint density at radius 1 is 1.00 bits per heavy atom. The zero-order chi connectivity index (χ0) is 12.3. The summed E-state index contributed by atoms with van der Waals surface area (Å²) in [6, 6.07) is 0. The van der Waals surface area contributed by atoms with Gasteiger partial charge in [0.15, 0.2) is 6.29 Å². The Balaban J connectivity index is -0.000000214. The minimum absolute atomic E-state index is 0. The van der Waals surface area contributed by atoms with Crippen LogP contribution in [0.2, 0.25) is 10.6 Å². The molecule has 0 aliphatic rings. The summed E-state index contributed by atoms with van der Waals surface area (Å²) < 4.78 is 0. The summed E-state index contributed by atoms with van der Waals surface area (Å²) in [6.45, 7) is 11.2. The van der Waals surface area contributed by atoms with Gasteiger partial charge in [-0.25, -0.2) is 0 Å². The van der Waals surface area contributed by atoms with Gasteiger partial charge in [0.25, 0.3) is 0 Å². The van der Waals surface area contributed by atoms with Crippen molar-refractivity contribution in [2.24, 2.45) is 11.8 Å². The topological polar surface area (TPSA) is 40.5 Å². The Kier molecular flexibility index (Phi) is 14.9. The Morgan fingerprint density at radius 2 is 1.40 bits per heavy atom. The second-order valence-electron chi connectivity index (χ2n) is 4.82. The largest absolute Gasteiger partial charge is 1.00 e.